The van der Waals surface area contributed by atoms with Gasteiger partial charge in [-0.05, 0) is 37.3 Å². The minimum Gasteiger partial charge on any atom is -0.475 e. The molecule has 0 spiro atoms. The van der Waals surface area contributed by atoms with E-state index >= 15 is 0 Å². The van der Waals surface area contributed by atoms with Crippen molar-refractivity contribution in [1.82, 2.24) is 4.90 Å². The Bertz CT molecular complexity index is 448. The van der Waals surface area contributed by atoms with Crippen molar-refractivity contribution in [3.05, 3.63) is 23.7 Å². The van der Waals surface area contributed by atoms with Crippen LogP contribution < -0.4 is 0 Å². The van der Waals surface area contributed by atoms with Crippen LogP contribution in [0, 0.1) is 5.92 Å². The molecular formula is C13H17NO4. The molecule has 98 valence electrons. The van der Waals surface area contributed by atoms with Gasteiger partial charge in [-0.2, -0.15) is 0 Å². The van der Waals surface area contributed by atoms with E-state index in [9.17, 15) is 9.59 Å². The first kappa shape index (κ1) is 12.7. The fourth-order valence-electron chi connectivity index (χ4n) is 1.88. The number of furan rings is 1. The summed E-state index contributed by atoms with van der Waals surface area (Å²) in [5.74, 6) is -0.841. The zero-order chi connectivity index (χ0) is 13.1. The molecule has 0 atom stereocenters. The van der Waals surface area contributed by atoms with Gasteiger partial charge >= 0.3 is 5.97 Å². The van der Waals surface area contributed by atoms with Crippen LogP contribution in [0.5, 0.6) is 0 Å². The van der Waals surface area contributed by atoms with Gasteiger partial charge in [0.1, 0.15) is 0 Å². The van der Waals surface area contributed by atoms with Gasteiger partial charge in [0.2, 0.25) is 5.76 Å². The Balaban J connectivity index is 2.07. The summed E-state index contributed by atoms with van der Waals surface area (Å²) >= 11 is 0. The Morgan fingerprint density at radius 3 is 2.56 bits per heavy atom. The van der Waals surface area contributed by atoms with Crippen LogP contribution in [0.1, 0.15) is 47.3 Å². The van der Waals surface area contributed by atoms with E-state index in [4.69, 9.17) is 9.52 Å². The average Bonchev–Trinajstić information content (AvgIpc) is 3.01. The molecular weight excluding hydrogens is 234 g/mol. The largest absolute Gasteiger partial charge is 0.475 e. The maximum atomic E-state index is 12.2. The summed E-state index contributed by atoms with van der Waals surface area (Å²) in [5, 5.41) is 8.76. The van der Waals surface area contributed by atoms with Gasteiger partial charge in [-0.25, -0.2) is 4.79 Å². The topological polar surface area (TPSA) is 70.8 Å². The molecule has 0 radical (unpaired) electrons. The van der Waals surface area contributed by atoms with E-state index in [0.29, 0.717) is 12.5 Å². The predicted molar refractivity (Wildman–Crippen MR) is 64.6 cm³/mol. The van der Waals surface area contributed by atoms with Gasteiger partial charge in [0.25, 0.3) is 5.91 Å². The molecule has 2 rings (SSSR count). The van der Waals surface area contributed by atoms with E-state index in [1.165, 1.54) is 25.0 Å². The SMILES string of the molecule is CCCN(CC1CC1)C(=O)c1ccc(C(=O)O)o1. The summed E-state index contributed by atoms with van der Waals surface area (Å²) in [6.07, 6.45) is 3.23. The number of carboxylic acids is 1. The molecule has 1 aromatic heterocycles. The zero-order valence-electron chi connectivity index (χ0n) is 10.4. The molecule has 1 amide bonds. The lowest BCUT2D eigenvalue weighted by Gasteiger charge is -2.20. The number of carbonyl (C=O) groups is 2. The van der Waals surface area contributed by atoms with Crippen LogP contribution >= 0.6 is 0 Å². The quantitative estimate of drug-likeness (QED) is 0.841. The van der Waals surface area contributed by atoms with Crippen LogP contribution in [-0.4, -0.2) is 35.0 Å². The lowest BCUT2D eigenvalue weighted by Crippen LogP contribution is -2.33. The molecule has 1 heterocycles. The molecule has 1 aliphatic carbocycles. The van der Waals surface area contributed by atoms with Crippen molar-refractivity contribution >= 4 is 11.9 Å². The number of hydrogen-bond acceptors (Lipinski definition) is 3. The van der Waals surface area contributed by atoms with E-state index in [-0.39, 0.29) is 17.4 Å². The normalized spacial score (nSPS) is 14.5. The molecule has 0 aliphatic heterocycles. The summed E-state index contributed by atoms with van der Waals surface area (Å²) in [6, 6.07) is 2.75. The second kappa shape index (κ2) is 5.25. The summed E-state index contributed by atoms with van der Waals surface area (Å²) in [4.78, 5) is 24.6. The molecule has 1 saturated carbocycles. The van der Waals surface area contributed by atoms with Crippen molar-refractivity contribution in [1.29, 1.82) is 0 Å². The number of rotatable bonds is 6. The Morgan fingerprint density at radius 2 is 2.06 bits per heavy atom. The van der Waals surface area contributed by atoms with Crippen molar-refractivity contribution in [2.24, 2.45) is 5.92 Å². The molecule has 0 aromatic carbocycles. The van der Waals surface area contributed by atoms with E-state index in [2.05, 4.69) is 0 Å². The first-order chi connectivity index (χ1) is 8.61. The van der Waals surface area contributed by atoms with E-state index in [0.717, 1.165) is 13.0 Å². The number of amides is 1. The third kappa shape index (κ3) is 2.91. The highest BCUT2D eigenvalue weighted by atomic mass is 16.4. The van der Waals surface area contributed by atoms with Crippen LogP contribution in [0.2, 0.25) is 0 Å². The van der Waals surface area contributed by atoms with E-state index in [1.54, 1.807) is 4.90 Å². The van der Waals surface area contributed by atoms with Crippen molar-refractivity contribution in [2.45, 2.75) is 26.2 Å². The molecule has 1 fully saturated rings. The monoisotopic (exact) mass is 251 g/mol. The summed E-state index contributed by atoms with van der Waals surface area (Å²) in [7, 11) is 0. The fourth-order valence-corrected chi connectivity index (χ4v) is 1.88. The highest BCUT2D eigenvalue weighted by Crippen LogP contribution is 2.30. The van der Waals surface area contributed by atoms with Crippen molar-refractivity contribution in [2.75, 3.05) is 13.1 Å². The van der Waals surface area contributed by atoms with Gasteiger partial charge in [-0.15, -0.1) is 0 Å². The van der Waals surface area contributed by atoms with Crippen LogP contribution in [0.3, 0.4) is 0 Å². The number of aromatic carboxylic acids is 1. The van der Waals surface area contributed by atoms with E-state index < -0.39 is 5.97 Å². The van der Waals surface area contributed by atoms with Crippen LogP contribution in [-0.2, 0) is 0 Å². The average molecular weight is 251 g/mol. The number of nitrogens with zero attached hydrogens (tertiary/aromatic N) is 1. The Kier molecular flexibility index (Phi) is 3.69. The second-order valence-electron chi connectivity index (χ2n) is 4.66. The third-order valence-electron chi connectivity index (χ3n) is 2.98. The Hall–Kier alpha value is -1.78. The molecule has 1 N–H and O–H groups in total. The van der Waals surface area contributed by atoms with Gasteiger partial charge in [0, 0.05) is 13.1 Å². The fraction of sp³-hybridized carbons (Fsp3) is 0.538. The summed E-state index contributed by atoms with van der Waals surface area (Å²) in [6.45, 7) is 3.44. The number of hydrogen-bond donors (Lipinski definition) is 1. The standard InChI is InChI=1S/C13H17NO4/c1-2-7-14(8-9-3-4-9)12(15)10-5-6-11(18-10)13(16)17/h5-6,9H,2-4,7-8H2,1H3,(H,16,17). The first-order valence-electron chi connectivity index (χ1n) is 6.24. The molecule has 0 bridgehead atoms. The summed E-state index contributed by atoms with van der Waals surface area (Å²) < 4.78 is 5.05. The highest BCUT2D eigenvalue weighted by molar-refractivity contribution is 5.93. The van der Waals surface area contributed by atoms with Gasteiger partial charge in [-0.1, -0.05) is 6.92 Å². The minimum absolute atomic E-state index is 0.113. The van der Waals surface area contributed by atoms with E-state index in [1.807, 2.05) is 6.92 Å². The molecule has 0 saturated heterocycles. The van der Waals surface area contributed by atoms with Gasteiger partial charge in [0.05, 0.1) is 0 Å². The Labute approximate surface area is 105 Å². The third-order valence-corrected chi connectivity index (χ3v) is 2.98. The van der Waals surface area contributed by atoms with Gasteiger partial charge in [0.15, 0.2) is 5.76 Å². The molecule has 1 aromatic rings. The Morgan fingerprint density at radius 1 is 1.39 bits per heavy atom. The van der Waals surface area contributed by atoms with Crippen molar-refractivity contribution < 1.29 is 19.1 Å². The van der Waals surface area contributed by atoms with Gasteiger partial charge < -0.3 is 14.4 Å². The van der Waals surface area contributed by atoms with Crippen molar-refractivity contribution in [3.8, 4) is 0 Å². The minimum atomic E-state index is -1.15. The molecule has 1 aliphatic rings. The molecule has 0 unspecified atom stereocenters. The second-order valence-corrected chi connectivity index (χ2v) is 4.66. The summed E-state index contributed by atoms with van der Waals surface area (Å²) in [5.41, 5.74) is 0. The first-order valence-corrected chi connectivity index (χ1v) is 6.24. The molecule has 18 heavy (non-hydrogen) atoms. The van der Waals surface area contributed by atoms with Gasteiger partial charge in [-0.3, -0.25) is 4.79 Å². The molecule has 5 nitrogen and oxygen atoms in total. The zero-order valence-corrected chi connectivity index (χ0v) is 10.4. The predicted octanol–water partition coefficient (Wildman–Crippen LogP) is 2.24. The lowest BCUT2D eigenvalue weighted by atomic mass is 10.3. The van der Waals surface area contributed by atoms with Crippen LogP contribution in [0.15, 0.2) is 16.5 Å². The smallest absolute Gasteiger partial charge is 0.371 e. The number of carbonyl (C=O) groups excluding carboxylic acids is 1. The van der Waals surface area contributed by atoms with Crippen LogP contribution in [0.25, 0.3) is 0 Å². The highest BCUT2D eigenvalue weighted by Gasteiger charge is 2.28. The molecule has 5 heteroatoms. The number of carboxylic acid groups (broad SMARTS) is 1. The van der Waals surface area contributed by atoms with Crippen molar-refractivity contribution in [3.63, 3.8) is 0 Å². The lowest BCUT2D eigenvalue weighted by molar-refractivity contribution is 0.0648. The maximum absolute atomic E-state index is 12.2. The van der Waals surface area contributed by atoms with Crippen LogP contribution in [0.4, 0.5) is 0 Å². The maximum Gasteiger partial charge on any atom is 0.371 e.